The number of benzene rings is 1. The van der Waals surface area contributed by atoms with Gasteiger partial charge in [0.05, 0.1) is 0 Å². The SMILES string of the molecule is C#Cc1cc(CN2CCNCC2)cc(S)c1C. The number of terminal acetylenes is 1. The van der Waals surface area contributed by atoms with Crippen molar-refractivity contribution in [3.8, 4) is 12.3 Å². The molecule has 90 valence electrons. The maximum atomic E-state index is 5.51. The lowest BCUT2D eigenvalue weighted by Crippen LogP contribution is -2.42. The number of nitrogens with one attached hydrogen (secondary N) is 1. The van der Waals surface area contributed by atoms with Gasteiger partial charge in [0.25, 0.3) is 0 Å². The summed E-state index contributed by atoms with van der Waals surface area (Å²) in [6.45, 7) is 7.32. The molecule has 0 radical (unpaired) electrons. The topological polar surface area (TPSA) is 15.3 Å². The van der Waals surface area contributed by atoms with Gasteiger partial charge in [0, 0.05) is 43.2 Å². The van der Waals surface area contributed by atoms with Gasteiger partial charge >= 0.3 is 0 Å². The molecule has 1 heterocycles. The predicted molar refractivity (Wildman–Crippen MR) is 74.5 cm³/mol. The van der Waals surface area contributed by atoms with Crippen LogP contribution in [0, 0.1) is 19.3 Å². The zero-order chi connectivity index (χ0) is 12.3. The van der Waals surface area contributed by atoms with Crippen LogP contribution in [0.5, 0.6) is 0 Å². The molecule has 2 nitrogen and oxygen atoms in total. The van der Waals surface area contributed by atoms with Crippen molar-refractivity contribution in [3.63, 3.8) is 0 Å². The summed E-state index contributed by atoms with van der Waals surface area (Å²) < 4.78 is 0. The number of rotatable bonds is 2. The van der Waals surface area contributed by atoms with Gasteiger partial charge in [-0.3, -0.25) is 4.90 Å². The number of nitrogens with zero attached hydrogens (tertiary/aromatic N) is 1. The summed E-state index contributed by atoms with van der Waals surface area (Å²) >= 11 is 4.48. The van der Waals surface area contributed by atoms with E-state index in [1.807, 2.05) is 6.92 Å². The monoisotopic (exact) mass is 246 g/mol. The fourth-order valence-electron chi connectivity index (χ4n) is 2.13. The molecule has 1 N–H and O–H groups in total. The van der Waals surface area contributed by atoms with Gasteiger partial charge in [-0.2, -0.15) is 0 Å². The number of thiol groups is 1. The molecule has 0 unspecified atom stereocenters. The third-order valence-electron chi connectivity index (χ3n) is 3.21. The Hall–Kier alpha value is -0.950. The van der Waals surface area contributed by atoms with Crippen molar-refractivity contribution in [1.29, 1.82) is 0 Å². The molecule has 1 saturated heterocycles. The number of hydrogen-bond donors (Lipinski definition) is 2. The molecule has 0 aliphatic carbocycles. The van der Waals surface area contributed by atoms with Crippen LogP contribution in [-0.2, 0) is 6.54 Å². The van der Waals surface area contributed by atoms with Gasteiger partial charge in [-0.1, -0.05) is 5.92 Å². The second kappa shape index (κ2) is 5.59. The molecule has 0 amide bonds. The van der Waals surface area contributed by atoms with Crippen LogP contribution in [0.3, 0.4) is 0 Å². The minimum atomic E-state index is 0.961. The molecule has 1 aromatic carbocycles. The van der Waals surface area contributed by atoms with Gasteiger partial charge in [0.2, 0.25) is 0 Å². The zero-order valence-corrected chi connectivity index (χ0v) is 11.1. The normalized spacial score (nSPS) is 16.8. The molecule has 1 aliphatic heterocycles. The first-order chi connectivity index (χ1) is 8.20. The maximum absolute atomic E-state index is 5.51. The van der Waals surface area contributed by atoms with Gasteiger partial charge in [-0.25, -0.2) is 0 Å². The Balaban J connectivity index is 2.16. The van der Waals surface area contributed by atoms with E-state index in [0.717, 1.165) is 48.7 Å². The Labute approximate surface area is 109 Å². The third kappa shape index (κ3) is 3.04. The average molecular weight is 246 g/mol. The second-order valence-corrected chi connectivity index (χ2v) is 4.94. The fourth-order valence-corrected chi connectivity index (χ4v) is 2.41. The van der Waals surface area contributed by atoms with Crippen LogP contribution in [0.4, 0.5) is 0 Å². The first kappa shape index (κ1) is 12.5. The number of hydrogen-bond acceptors (Lipinski definition) is 3. The van der Waals surface area contributed by atoms with Crippen LogP contribution in [0.15, 0.2) is 17.0 Å². The van der Waals surface area contributed by atoms with E-state index < -0.39 is 0 Å². The van der Waals surface area contributed by atoms with Crippen LogP contribution in [0.2, 0.25) is 0 Å². The van der Waals surface area contributed by atoms with Gasteiger partial charge in [-0.05, 0) is 30.2 Å². The van der Waals surface area contributed by atoms with Crippen molar-refractivity contribution in [2.45, 2.75) is 18.4 Å². The van der Waals surface area contributed by atoms with E-state index in [-0.39, 0.29) is 0 Å². The Kier molecular flexibility index (Phi) is 4.11. The van der Waals surface area contributed by atoms with E-state index in [9.17, 15) is 0 Å². The van der Waals surface area contributed by atoms with E-state index in [2.05, 4.69) is 40.9 Å². The molecular formula is C14H18N2S. The average Bonchev–Trinajstić information content (AvgIpc) is 2.35. The molecule has 1 fully saturated rings. The Morgan fingerprint density at radius 3 is 2.76 bits per heavy atom. The molecule has 17 heavy (non-hydrogen) atoms. The Morgan fingerprint density at radius 1 is 1.41 bits per heavy atom. The molecule has 0 atom stereocenters. The Morgan fingerprint density at radius 2 is 2.12 bits per heavy atom. The van der Waals surface area contributed by atoms with Crippen molar-refractivity contribution in [3.05, 3.63) is 28.8 Å². The quantitative estimate of drug-likeness (QED) is 0.609. The predicted octanol–water partition coefficient (Wildman–Crippen LogP) is 1.67. The van der Waals surface area contributed by atoms with Crippen LogP contribution >= 0.6 is 12.6 Å². The van der Waals surface area contributed by atoms with Crippen LogP contribution in [0.1, 0.15) is 16.7 Å². The van der Waals surface area contributed by atoms with Gasteiger partial charge < -0.3 is 5.32 Å². The van der Waals surface area contributed by atoms with Gasteiger partial charge in [-0.15, -0.1) is 19.1 Å². The molecule has 0 bridgehead atoms. The van der Waals surface area contributed by atoms with Crippen molar-refractivity contribution in [1.82, 2.24) is 10.2 Å². The molecule has 0 saturated carbocycles. The summed E-state index contributed by atoms with van der Waals surface area (Å²) in [7, 11) is 0. The molecule has 3 heteroatoms. The van der Waals surface area contributed by atoms with E-state index in [1.54, 1.807) is 0 Å². The zero-order valence-electron chi connectivity index (χ0n) is 10.2. The van der Waals surface area contributed by atoms with E-state index >= 15 is 0 Å². The summed E-state index contributed by atoms with van der Waals surface area (Å²) in [5.41, 5.74) is 3.32. The van der Waals surface area contributed by atoms with Crippen LogP contribution in [0.25, 0.3) is 0 Å². The molecule has 0 spiro atoms. The first-order valence-electron chi connectivity index (χ1n) is 5.93. The minimum Gasteiger partial charge on any atom is -0.314 e. The summed E-state index contributed by atoms with van der Waals surface area (Å²) in [4.78, 5) is 3.43. The summed E-state index contributed by atoms with van der Waals surface area (Å²) in [5, 5.41) is 3.35. The van der Waals surface area contributed by atoms with Crippen molar-refractivity contribution in [2.75, 3.05) is 26.2 Å². The van der Waals surface area contributed by atoms with E-state index in [4.69, 9.17) is 6.42 Å². The minimum absolute atomic E-state index is 0.961. The molecule has 2 rings (SSSR count). The lowest BCUT2D eigenvalue weighted by Gasteiger charge is -2.27. The van der Waals surface area contributed by atoms with Crippen molar-refractivity contribution in [2.24, 2.45) is 0 Å². The summed E-state index contributed by atoms with van der Waals surface area (Å²) in [6, 6.07) is 4.23. The maximum Gasteiger partial charge on any atom is 0.0286 e. The van der Waals surface area contributed by atoms with Gasteiger partial charge in [0.15, 0.2) is 0 Å². The molecule has 1 aliphatic rings. The molecule has 1 aromatic rings. The molecular weight excluding hydrogens is 228 g/mol. The third-order valence-corrected chi connectivity index (χ3v) is 3.68. The van der Waals surface area contributed by atoms with E-state index in [0.29, 0.717) is 0 Å². The Bertz CT molecular complexity index is 442. The highest BCUT2D eigenvalue weighted by Gasteiger charge is 2.11. The lowest BCUT2D eigenvalue weighted by molar-refractivity contribution is 0.233. The molecule has 0 aromatic heterocycles. The van der Waals surface area contributed by atoms with Crippen molar-refractivity contribution >= 4 is 12.6 Å². The van der Waals surface area contributed by atoms with Crippen LogP contribution in [-0.4, -0.2) is 31.1 Å². The van der Waals surface area contributed by atoms with Crippen LogP contribution < -0.4 is 5.32 Å². The highest BCUT2D eigenvalue weighted by atomic mass is 32.1. The fraction of sp³-hybridized carbons (Fsp3) is 0.429. The summed E-state index contributed by atoms with van der Waals surface area (Å²) in [5.74, 6) is 2.73. The number of piperazine rings is 1. The van der Waals surface area contributed by atoms with E-state index in [1.165, 1.54) is 5.56 Å². The smallest absolute Gasteiger partial charge is 0.0286 e. The lowest BCUT2D eigenvalue weighted by atomic mass is 10.0. The van der Waals surface area contributed by atoms with Gasteiger partial charge in [0.1, 0.15) is 0 Å². The standard InChI is InChI=1S/C14H18N2S/c1-3-13-8-12(9-14(17)11(13)2)10-16-6-4-15-5-7-16/h1,8-9,15,17H,4-7,10H2,2H3. The largest absolute Gasteiger partial charge is 0.314 e. The highest BCUT2D eigenvalue weighted by Crippen LogP contribution is 2.20. The summed E-state index contributed by atoms with van der Waals surface area (Å²) in [6.07, 6.45) is 5.51. The highest BCUT2D eigenvalue weighted by molar-refractivity contribution is 7.80. The first-order valence-corrected chi connectivity index (χ1v) is 6.37. The second-order valence-electron chi connectivity index (χ2n) is 4.46. The van der Waals surface area contributed by atoms with Crippen molar-refractivity contribution < 1.29 is 0 Å².